The van der Waals surface area contributed by atoms with Crippen molar-refractivity contribution in [2.24, 2.45) is 4.99 Å². The molecule has 4 aromatic rings. The molecule has 3 aromatic carbocycles. The third-order valence-corrected chi connectivity index (χ3v) is 5.13. The number of H-pyrrole nitrogens is 1. The van der Waals surface area contributed by atoms with Gasteiger partial charge < -0.3 is 10.3 Å². The summed E-state index contributed by atoms with van der Waals surface area (Å²) in [6, 6.07) is 19.7. The number of carbonyl (C=O) groups excluding carboxylic acids is 1. The molecule has 162 valence electrons. The molecule has 0 spiro atoms. The quantitative estimate of drug-likeness (QED) is 0.296. The number of fused-ring (bicyclic) bond motifs is 1. The number of aryl methyl sites for hydroxylation is 2. The highest BCUT2D eigenvalue weighted by Crippen LogP contribution is 2.18. The van der Waals surface area contributed by atoms with Gasteiger partial charge in [0, 0.05) is 34.9 Å². The second kappa shape index (κ2) is 9.47. The van der Waals surface area contributed by atoms with Gasteiger partial charge >= 0.3 is 0 Å². The summed E-state index contributed by atoms with van der Waals surface area (Å²) in [7, 11) is 0. The smallest absolute Gasteiger partial charge is 0.258 e. The molecule has 0 saturated carbocycles. The Kier molecular flexibility index (Phi) is 6.31. The molecule has 0 saturated heterocycles. The van der Waals surface area contributed by atoms with Crippen LogP contribution >= 0.6 is 0 Å². The van der Waals surface area contributed by atoms with Gasteiger partial charge in [0.25, 0.3) is 5.91 Å². The van der Waals surface area contributed by atoms with Crippen LogP contribution in [0.15, 0.2) is 77.9 Å². The fraction of sp³-hybridized carbons (Fsp3) is 0.154. The van der Waals surface area contributed by atoms with E-state index in [1.54, 1.807) is 6.07 Å². The Morgan fingerprint density at radius 1 is 1.00 bits per heavy atom. The van der Waals surface area contributed by atoms with Crippen molar-refractivity contribution in [1.29, 1.82) is 0 Å². The van der Waals surface area contributed by atoms with Crippen LogP contribution in [0, 0.1) is 19.7 Å². The average molecular weight is 429 g/mol. The maximum atomic E-state index is 13.6. The van der Waals surface area contributed by atoms with Crippen LogP contribution in [0.4, 0.5) is 10.1 Å². The molecular formula is C26H25FN4O. The Balaban J connectivity index is 1.54. The normalized spacial score (nSPS) is 11.5. The number of hydrogen-bond acceptors (Lipinski definition) is 2. The van der Waals surface area contributed by atoms with Crippen LogP contribution < -0.4 is 10.6 Å². The predicted octanol–water partition coefficient (Wildman–Crippen LogP) is 5.36. The highest BCUT2D eigenvalue weighted by molar-refractivity contribution is 6.10. The van der Waals surface area contributed by atoms with E-state index in [9.17, 15) is 9.18 Å². The molecule has 1 heterocycles. The maximum absolute atomic E-state index is 13.6. The van der Waals surface area contributed by atoms with Crippen molar-refractivity contribution in [3.8, 4) is 0 Å². The van der Waals surface area contributed by atoms with E-state index >= 15 is 0 Å². The molecule has 0 fully saturated rings. The van der Waals surface area contributed by atoms with Gasteiger partial charge in [-0.1, -0.05) is 30.3 Å². The van der Waals surface area contributed by atoms with Crippen LogP contribution in [0.5, 0.6) is 0 Å². The topological polar surface area (TPSA) is 69.3 Å². The lowest BCUT2D eigenvalue weighted by molar-refractivity contribution is 0.0976. The highest BCUT2D eigenvalue weighted by Gasteiger charge is 2.11. The number of aliphatic imine (C=N–C) groups is 1. The standard InChI is InChI=1S/C26H25FN4O/c1-17-12-18(2)14-22(13-17)30-26(31-25(32)19-6-5-7-21(27)15-19)28-11-10-20-16-29-24-9-4-3-8-23(20)24/h3-9,12-16,29H,10-11H2,1-2H3,(H2,28,30,31,32). The Hall–Kier alpha value is -3.93. The molecule has 0 bridgehead atoms. The molecule has 5 nitrogen and oxygen atoms in total. The van der Waals surface area contributed by atoms with Gasteiger partial charge in [-0.25, -0.2) is 4.39 Å². The summed E-state index contributed by atoms with van der Waals surface area (Å²) in [5, 5.41) is 7.16. The van der Waals surface area contributed by atoms with E-state index in [0.717, 1.165) is 33.3 Å². The number of hydrogen-bond donors (Lipinski definition) is 3. The minimum atomic E-state index is -0.460. The number of nitrogens with one attached hydrogen (secondary N) is 3. The number of aromatic nitrogens is 1. The molecule has 0 radical (unpaired) electrons. The molecule has 1 aromatic heterocycles. The molecule has 4 rings (SSSR count). The van der Waals surface area contributed by atoms with E-state index in [1.807, 2.05) is 50.4 Å². The first-order valence-corrected chi connectivity index (χ1v) is 10.5. The zero-order valence-electron chi connectivity index (χ0n) is 18.1. The van der Waals surface area contributed by atoms with Gasteiger partial charge in [0.05, 0.1) is 0 Å². The molecule has 0 aliphatic rings. The molecule has 0 atom stereocenters. The summed E-state index contributed by atoms with van der Waals surface area (Å²) >= 11 is 0. The number of aromatic amines is 1. The summed E-state index contributed by atoms with van der Waals surface area (Å²) in [5.74, 6) is -0.561. The number of anilines is 1. The van der Waals surface area contributed by atoms with Crippen LogP contribution in [0.2, 0.25) is 0 Å². The first kappa shape index (κ1) is 21.3. The number of rotatable bonds is 5. The lowest BCUT2D eigenvalue weighted by Crippen LogP contribution is -2.36. The second-order valence-electron chi connectivity index (χ2n) is 7.81. The van der Waals surface area contributed by atoms with E-state index in [-0.39, 0.29) is 5.56 Å². The van der Waals surface area contributed by atoms with Crippen molar-refractivity contribution in [2.75, 3.05) is 11.9 Å². The molecule has 0 aliphatic heterocycles. The second-order valence-corrected chi connectivity index (χ2v) is 7.81. The zero-order valence-corrected chi connectivity index (χ0v) is 18.1. The number of benzene rings is 3. The largest absolute Gasteiger partial charge is 0.361 e. The van der Waals surface area contributed by atoms with E-state index in [2.05, 4.69) is 32.7 Å². The minimum Gasteiger partial charge on any atom is -0.361 e. The van der Waals surface area contributed by atoms with Gasteiger partial charge in [-0.15, -0.1) is 0 Å². The Morgan fingerprint density at radius 2 is 1.78 bits per heavy atom. The lowest BCUT2D eigenvalue weighted by atomic mass is 10.1. The van der Waals surface area contributed by atoms with Crippen molar-refractivity contribution in [3.05, 3.63) is 101 Å². The summed E-state index contributed by atoms with van der Waals surface area (Å²) in [5.41, 5.74) is 5.50. The van der Waals surface area contributed by atoms with E-state index < -0.39 is 11.7 Å². The number of halogens is 1. The number of guanidine groups is 1. The summed E-state index contributed by atoms with van der Waals surface area (Å²) in [6.45, 7) is 4.49. The SMILES string of the molecule is Cc1cc(C)cc(NC(=NCCc2c[nH]c3ccccc23)NC(=O)c2cccc(F)c2)c1. The predicted molar refractivity (Wildman–Crippen MR) is 128 cm³/mol. The number of para-hydroxylation sites is 1. The molecule has 3 N–H and O–H groups in total. The molecule has 0 aliphatic carbocycles. The van der Waals surface area contributed by atoms with Crippen LogP contribution in [-0.4, -0.2) is 23.4 Å². The fourth-order valence-corrected chi connectivity index (χ4v) is 3.73. The lowest BCUT2D eigenvalue weighted by Gasteiger charge is -2.13. The molecule has 1 amide bonds. The van der Waals surface area contributed by atoms with Gasteiger partial charge in [0.15, 0.2) is 0 Å². The minimum absolute atomic E-state index is 0.233. The summed E-state index contributed by atoms with van der Waals surface area (Å²) in [6.07, 6.45) is 2.69. The maximum Gasteiger partial charge on any atom is 0.258 e. The highest BCUT2D eigenvalue weighted by atomic mass is 19.1. The van der Waals surface area contributed by atoms with Gasteiger partial charge in [0.1, 0.15) is 5.82 Å². The summed E-state index contributed by atoms with van der Waals surface area (Å²) < 4.78 is 13.6. The van der Waals surface area contributed by atoms with Crippen molar-refractivity contribution < 1.29 is 9.18 Å². The van der Waals surface area contributed by atoms with Crippen LogP contribution in [0.1, 0.15) is 27.0 Å². The molecule has 0 unspecified atom stereocenters. The van der Waals surface area contributed by atoms with Gasteiger partial charge in [-0.3, -0.25) is 15.1 Å². The fourth-order valence-electron chi connectivity index (χ4n) is 3.73. The zero-order chi connectivity index (χ0) is 22.5. The van der Waals surface area contributed by atoms with Gasteiger partial charge in [-0.05, 0) is 73.4 Å². The van der Waals surface area contributed by atoms with Gasteiger partial charge in [-0.2, -0.15) is 0 Å². The Morgan fingerprint density at radius 3 is 2.56 bits per heavy atom. The van der Waals surface area contributed by atoms with E-state index in [4.69, 9.17) is 0 Å². The molecule has 32 heavy (non-hydrogen) atoms. The first-order chi connectivity index (χ1) is 15.5. The Bertz CT molecular complexity index is 1270. The van der Waals surface area contributed by atoms with E-state index in [0.29, 0.717) is 18.9 Å². The number of nitrogens with zero attached hydrogens (tertiary/aromatic N) is 1. The summed E-state index contributed by atoms with van der Waals surface area (Å²) in [4.78, 5) is 20.6. The Labute approximate surface area is 186 Å². The van der Waals surface area contributed by atoms with Crippen molar-refractivity contribution in [2.45, 2.75) is 20.3 Å². The van der Waals surface area contributed by atoms with Crippen molar-refractivity contribution >= 4 is 28.5 Å². The van der Waals surface area contributed by atoms with E-state index in [1.165, 1.54) is 18.2 Å². The first-order valence-electron chi connectivity index (χ1n) is 10.5. The van der Waals surface area contributed by atoms with Crippen LogP contribution in [0.25, 0.3) is 10.9 Å². The monoisotopic (exact) mass is 428 g/mol. The number of amides is 1. The molecular weight excluding hydrogens is 403 g/mol. The van der Waals surface area contributed by atoms with Crippen molar-refractivity contribution in [3.63, 3.8) is 0 Å². The van der Waals surface area contributed by atoms with Gasteiger partial charge in [0.2, 0.25) is 5.96 Å². The van der Waals surface area contributed by atoms with Crippen molar-refractivity contribution in [1.82, 2.24) is 10.3 Å². The van der Waals surface area contributed by atoms with Crippen LogP contribution in [0.3, 0.4) is 0 Å². The average Bonchev–Trinajstić information content (AvgIpc) is 3.16. The molecule has 6 heteroatoms. The third-order valence-electron chi connectivity index (χ3n) is 5.13. The van der Waals surface area contributed by atoms with Crippen LogP contribution in [-0.2, 0) is 6.42 Å². The number of carbonyl (C=O) groups is 1. The third kappa shape index (κ3) is 5.21.